The highest BCUT2D eigenvalue weighted by Crippen LogP contribution is 2.27. The molecule has 4 nitrogen and oxygen atoms in total. The minimum atomic E-state index is -0.320. The molecule has 18 heavy (non-hydrogen) atoms. The quantitative estimate of drug-likeness (QED) is 0.707. The molecule has 96 valence electrons. The van der Waals surface area contributed by atoms with E-state index in [2.05, 4.69) is 17.2 Å². The van der Waals surface area contributed by atoms with Crippen LogP contribution >= 0.6 is 0 Å². The Morgan fingerprint density at radius 3 is 2.94 bits per heavy atom. The average molecular weight is 245 g/mol. The van der Waals surface area contributed by atoms with Crippen molar-refractivity contribution in [1.82, 2.24) is 4.98 Å². The Balaban J connectivity index is 2.21. The lowest BCUT2D eigenvalue weighted by Crippen LogP contribution is -2.19. The van der Waals surface area contributed by atoms with Crippen molar-refractivity contribution in [2.75, 3.05) is 17.6 Å². The van der Waals surface area contributed by atoms with Crippen molar-refractivity contribution in [3.8, 4) is 0 Å². The number of fused-ring (bicyclic) bond motifs is 1. The largest absolute Gasteiger partial charge is 0.398 e. The summed E-state index contributed by atoms with van der Waals surface area (Å²) in [5.74, 6) is 0. The van der Waals surface area contributed by atoms with Gasteiger partial charge in [0, 0.05) is 41.1 Å². The summed E-state index contributed by atoms with van der Waals surface area (Å²) in [6, 6.07) is 5.70. The number of anilines is 2. The highest BCUT2D eigenvalue weighted by atomic mass is 16.3. The Labute approximate surface area is 107 Å². The molecule has 0 fully saturated rings. The predicted octanol–water partition coefficient (Wildman–Crippen LogP) is 2.39. The number of nitrogens with two attached hydrogens (primary N) is 1. The molecule has 1 heterocycles. The third-order valence-electron chi connectivity index (χ3n) is 3.00. The van der Waals surface area contributed by atoms with Crippen molar-refractivity contribution in [3.63, 3.8) is 0 Å². The van der Waals surface area contributed by atoms with Crippen molar-refractivity contribution < 1.29 is 5.11 Å². The summed E-state index contributed by atoms with van der Waals surface area (Å²) in [4.78, 5) is 4.12. The Bertz CT molecular complexity index is 527. The van der Waals surface area contributed by atoms with E-state index in [1.807, 2.05) is 18.2 Å². The van der Waals surface area contributed by atoms with E-state index in [0.717, 1.165) is 35.0 Å². The number of pyridine rings is 1. The second kappa shape index (κ2) is 5.69. The molecule has 0 amide bonds. The lowest BCUT2D eigenvalue weighted by molar-refractivity contribution is 0.176. The van der Waals surface area contributed by atoms with E-state index in [-0.39, 0.29) is 6.10 Å². The fraction of sp³-hybridized carbons (Fsp3) is 0.357. The molecule has 1 aromatic carbocycles. The van der Waals surface area contributed by atoms with Crippen molar-refractivity contribution in [3.05, 3.63) is 30.6 Å². The van der Waals surface area contributed by atoms with E-state index in [1.54, 1.807) is 12.4 Å². The van der Waals surface area contributed by atoms with E-state index in [9.17, 15) is 5.11 Å². The first-order chi connectivity index (χ1) is 8.72. The molecule has 0 bridgehead atoms. The first-order valence-electron chi connectivity index (χ1n) is 6.26. The van der Waals surface area contributed by atoms with Gasteiger partial charge >= 0.3 is 0 Å². The van der Waals surface area contributed by atoms with Crippen LogP contribution in [0.5, 0.6) is 0 Å². The highest BCUT2D eigenvalue weighted by molar-refractivity contribution is 6.00. The molecule has 4 N–H and O–H groups in total. The zero-order chi connectivity index (χ0) is 13.0. The molecule has 0 saturated carbocycles. The van der Waals surface area contributed by atoms with Crippen LogP contribution in [-0.4, -0.2) is 22.7 Å². The third-order valence-corrected chi connectivity index (χ3v) is 3.00. The van der Waals surface area contributed by atoms with Gasteiger partial charge in [0.2, 0.25) is 0 Å². The summed E-state index contributed by atoms with van der Waals surface area (Å²) >= 11 is 0. The molecule has 0 aliphatic rings. The predicted molar refractivity (Wildman–Crippen MR) is 75.6 cm³/mol. The Morgan fingerprint density at radius 1 is 1.33 bits per heavy atom. The number of aliphatic hydroxyl groups excluding tert-OH is 1. The number of hydrogen-bond acceptors (Lipinski definition) is 4. The smallest absolute Gasteiger partial charge is 0.0712 e. The van der Waals surface area contributed by atoms with E-state index >= 15 is 0 Å². The Morgan fingerprint density at radius 2 is 2.17 bits per heavy atom. The van der Waals surface area contributed by atoms with E-state index in [1.165, 1.54) is 0 Å². The molecule has 1 aromatic heterocycles. The van der Waals surface area contributed by atoms with Crippen molar-refractivity contribution in [2.45, 2.75) is 25.9 Å². The molecule has 4 heteroatoms. The number of nitrogens with zero attached hydrogens (tertiary/aromatic N) is 1. The summed E-state index contributed by atoms with van der Waals surface area (Å²) in [5, 5.41) is 15.0. The SMILES string of the molecule is CCCC(O)CNc1ccc(N)c2ccncc12. The van der Waals surface area contributed by atoms with Gasteiger partial charge in [-0.25, -0.2) is 0 Å². The number of nitrogen functional groups attached to an aromatic ring is 1. The van der Waals surface area contributed by atoms with Gasteiger partial charge in [0.15, 0.2) is 0 Å². The molecule has 0 saturated heterocycles. The molecule has 0 aliphatic carbocycles. The van der Waals surface area contributed by atoms with Crippen molar-refractivity contribution >= 4 is 22.1 Å². The van der Waals surface area contributed by atoms with Crippen LogP contribution in [0.2, 0.25) is 0 Å². The standard InChI is InChI=1S/C14H19N3O/c1-2-3-10(18)8-17-14-5-4-13(15)11-6-7-16-9-12(11)14/h4-7,9-10,17-18H,2-3,8,15H2,1H3. The van der Waals surface area contributed by atoms with Crippen LogP contribution in [0.1, 0.15) is 19.8 Å². The Kier molecular flexibility index (Phi) is 3.99. The molecule has 1 atom stereocenters. The monoisotopic (exact) mass is 245 g/mol. The van der Waals surface area contributed by atoms with Gasteiger partial charge in [-0.15, -0.1) is 0 Å². The van der Waals surface area contributed by atoms with Gasteiger partial charge in [0.05, 0.1) is 6.10 Å². The zero-order valence-electron chi connectivity index (χ0n) is 10.6. The minimum absolute atomic E-state index is 0.320. The van der Waals surface area contributed by atoms with Gasteiger partial charge in [-0.2, -0.15) is 0 Å². The summed E-state index contributed by atoms with van der Waals surface area (Å²) in [7, 11) is 0. The van der Waals surface area contributed by atoms with E-state index in [4.69, 9.17) is 5.73 Å². The van der Waals surface area contributed by atoms with Gasteiger partial charge < -0.3 is 16.2 Å². The summed E-state index contributed by atoms with van der Waals surface area (Å²) in [6.45, 7) is 2.60. The van der Waals surface area contributed by atoms with Gasteiger partial charge in [0.1, 0.15) is 0 Å². The lowest BCUT2D eigenvalue weighted by atomic mass is 10.1. The maximum atomic E-state index is 9.73. The van der Waals surface area contributed by atoms with Crippen LogP contribution < -0.4 is 11.1 Å². The molecule has 0 spiro atoms. The number of nitrogens with one attached hydrogen (secondary N) is 1. The van der Waals surface area contributed by atoms with E-state index < -0.39 is 0 Å². The molecular weight excluding hydrogens is 226 g/mol. The van der Waals surface area contributed by atoms with Crippen LogP contribution in [0.15, 0.2) is 30.6 Å². The first kappa shape index (κ1) is 12.6. The fourth-order valence-electron chi connectivity index (χ4n) is 2.03. The number of aromatic nitrogens is 1. The van der Waals surface area contributed by atoms with Gasteiger partial charge in [-0.05, 0) is 24.6 Å². The number of hydrogen-bond donors (Lipinski definition) is 3. The number of rotatable bonds is 5. The van der Waals surface area contributed by atoms with Crippen LogP contribution in [-0.2, 0) is 0 Å². The molecule has 1 unspecified atom stereocenters. The van der Waals surface area contributed by atoms with Crippen LogP contribution in [0, 0.1) is 0 Å². The number of aliphatic hydroxyl groups is 1. The molecule has 0 aliphatic heterocycles. The van der Waals surface area contributed by atoms with Crippen LogP contribution in [0.3, 0.4) is 0 Å². The third kappa shape index (κ3) is 2.71. The molecule has 2 rings (SSSR count). The highest BCUT2D eigenvalue weighted by Gasteiger charge is 2.06. The summed E-state index contributed by atoms with van der Waals surface area (Å²) in [6.07, 6.45) is 4.99. The summed E-state index contributed by atoms with van der Waals surface area (Å²) in [5.41, 5.74) is 7.63. The fourth-order valence-corrected chi connectivity index (χ4v) is 2.03. The van der Waals surface area contributed by atoms with Crippen molar-refractivity contribution in [2.24, 2.45) is 0 Å². The van der Waals surface area contributed by atoms with Crippen molar-refractivity contribution in [1.29, 1.82) is 0 Å². The first-order valence-corrected chi connectivity index (χ1v) is 6.26. The molecular formula is C14H19N3O. The normalized spacial score (nSPS) is 12.6. The van der Waals surface area contributed by atoms with E-state index in [0.29, 0.717) is 6.54 Å². The summed E-state index contributed by atoms with van der Waals surface area (Å²) < 4.78 is 0. The maximum absolute atomic E-state index is 9.73. The lowest BCUT2D eigenvalue weighted by Gasteiger charge is -2.14. The Hall–Kier alpha value is -1.81. The van der Waals surface area contributed by atoms with Crippen LogP contribution in [0.4, 0.5) is 11.4 Å². The van der Waals surface area contributed by atoms with Gasteiger partial charge in [-0.3, -0.25) is 4.98 Å². The average Bonchev–Trinajstić information content (AvgIpc) is 2.39. The minimum Gasteiger partial charge on any atom is -0.398 e. The molecule has 0 radical (unpaired) electrons. The zero-order valence-corrected chi connectivity index (χ0v) is 10.6. The maximum Gasteiger partial charge on any atom is 0.0712 e. The van der Waals surface area contributed by atoms with Gasteiger partial charge in [-0.1, -0.05) is 13.3 Å². The topological polar surface area (TPSA) is 71.2 Å². The number of benzene rings is 1. The van der Waals surface area contributed by atoms with Crippen LogP contribution in [0.25, 0.3) is 10.8 Å². The second-order valence-electron chi connectivity index (χ2n) is 4.45. The van der Waals surface area contributed by atoms with Gasteiger partial charge in [0.25, 0.3) is 0 Å². The second-order valence-corrected chi connectivity index (χ2v) is 4.45. The molecule has 2 aromatic rings.